The Labute approximate surface area is 102 Å². The second kappa shape index (κ2) is 4.67. The van der Waals surface area contributed by atoms with Crippen molar-refractivity contribution >= 4 is 5.78 Å². The fourth-order valence-corrected chi connectivity index (χ4v) is 3.23. The van der Waals surface area contributed by atoms with Crippen LogP contribution in [-0.4, -0.2) is 44.4 Å². The lowest BCUT2D eigenvalue weighted by molar-refractivity contribution is -0.140. The molecule has 1 spiro atoms. The van der Waals surface area contributed by atoms with Crippen LogP contribution in [0.1, 0.15) is 25.7 Å². The van der Waals surface area contributed by atoms with Crippen molar-refractivity contribution in [1.29, 1.82) is 0 Å². The van der Waals surface area contributed by atoms with Gasteiger partial charge in [-0.1, -0.05) is 0 Å². The number of Topliss-reactive ketones (excluding diaryl/α,β-unsaturated/α-hetero) is 1. The summed E-state index contributed by atoms with van der Waals surface area (Å²) in [4.78, 5) is 12.4. The van der Waals surface area contributed by atoms with Gasteiger partial charge < -0.3 is 14.2 Å². The van der Waals surface area contributed by atoms with Gasteiger partial charge in [-0.05, 0) is 19.3 Å². The van der Waals surface area contributed by atoms with Crippen molar-refractivity contribution in [2.45, 2.75) is 31.3 Å². The van der Waals surface area contributed by atoms with E-state index in [0.717, 1.165) is 38.9 Å². The van der Waals surface area contributed by atoms with E-state index in [2.05, 4.69) is 0 Å². The summed E-state index contributed by atoms with van der Waals surface area (Å²) in [5.74, 6) is 0.701. The Morgan fingerprint density at radius 1 is 1.06 bits per heavy atom. The summed E-state index contributed by atoms with van der Waals surface area (Å²) in [7, 11) is 0. The molecule has 0 aromatic rings. The van der Waals surface area contributed by atoms with Gasteiger partial charge in [-0.25, -0.2) is 0 Å². The standard InChI is InChI=1S/C13H20O4/c14-12(11-1-4-15-8-11)10-2-5-17-13(7-10)3-6-16-9-13/h10-11H,1-9H2. The van der Waals surface area contributed by atoms with E-state index in [1.165, 1.54) is 0 Å². The Kier molecular flexibility index (Phi) is 3.19. The summed E-state index contributed by atoms with van der Waals surface area (Å²) in [5, 5.41) is 0. The molecule has 3 atom stereocenters. The van der Waals surface area contributed by atoms with Gasteiger partial charge in [-0.2, -0.15) is 0 Å². The van der Waals surface area contributed by atoms with Crippen molar-refractivity contribution in [3.05, 3.63) is 0 Å². The van der Waals surface area contributed by atoms with Crippen LogP contribution in [0.15, 0.2) is 0 Å². The smallest absolute Gasteiger partial charge is 0.141 e. The molecule has 0 bridgehead atoms. The highest BCUT2D eigenvalue weighted by atomic mass is 16.6. The van der Waals surface area contributed by atoms with Crippen LogP contribution in [0.25, 0.3) is 0 Å². The van der Waals surface area contributed by atoms with Gasteiger partial charge in [-0.3, -0.25) is 4.79 Å². The van der Waals surface area contributed by atoms with Crippen LogP contribution in [0.4, 0.5) is 0 Å². The van der Waals surface area contributed by atoms with Gasteiger partial charge in [-0.15, -0.1) is 0 Å². The molecule has 3 saturated heterocycles. The molecule has 3 aliphatic rings. The molecule has 96 valence electrons. The second-order valence-corrected chi connectivity index (χ2v) is 5.49. The van der Waals surface area contributed by atoms with Gasteiger partial charge in [0.05, 0.1) is 18.8 Å². The first-order chi connectivity index (χ1) is 8.29. The average molecular weight is 240 g/mol. The van der Waals surface area contributed by atoms with E-state index in [0.29, 0.717) is 25.6 Å². The zero-order valence-electron chi connectivity index (χ0n) is 10.2. The molecule has 0 N–H and O–H groups in total. The maximum absolute atomic E-state index is 12.4. The van der Waals surface area contributed by atoms with Gasteiger partial charge in [0, 0.05) is 38.1 Å². The molecule has 0 aromatic carbocycles. The largest absolute Gasteiger partial charge is 0.381 e. The minimum absolute atomic E-state index is 0.137. The molecule has 0 aromatic heterocycles. The molecular formula is C13H20O4. The number of rotatable bonds is 2. The summed E-state index contributed by atoms with van der Waals surface area (Å²) in [5.41, 5.74) is -0.155. The number of carbonyl (C=O) groups excluding carboxylic acids is 1. The van der Waals surface area contributed by atoms with Gasteiger partial charge in [0.1, 0.15) is 5.78 Å². The van der Waals surface area contributed by atoms with Crippen LogP contribution in [0.2, 0.25) is 0 Å². The van der Waals surface area contributed by atoms with Gasteiger partial charge in [0.15, 0.2) is 0 Å². The van der Waals surface area contributed by atoms with Gasteiger partial charge in [0.25, 0.3) is 0 Å². The molecule has 0 aliphatic carbocycles. The van der Waals surface area contributed by atoms with Crippen molar-refractivity contribution in [2.75, 3.05) is 33.0 Å². The molecule has 3 rings (SSSR count). The van der Waals surface area contributed by atoms with E-state index in [4.69, 9.17) is 14.2 Å². The lowest BCUT2D eigenvalue weighted by atomic mass is 9.79. The van der Waals surface area contributed by atoms with Crippen LogP contribution in [0.3, 0.4) is 0 Å². The molecular weight excluding hydrogens is 220 g/mol. The molecule has 3 heterocycles. The van der Waals surface area contributed by atoms with Crippen LogP contribution in [-0.2, 0) is 19.0 Å². The molecule has 3 fully saturated rings. The summed E-state index contributed by atoms with van der Waals surface area (Å²) in [6, 6.07) is 0. The minimum Gasteiger partial charge on any atom is -0.381 e. The Bertz CT molecular complexity index is 290. The number of carbonyl (C=O) groups is 1. The van der Waals surface area contributed by atoms with E-state index >= 15 is 0 Å². The van der Waals surface area contributed by atoms with Crippen molar-refractivity contribution in [3.8, 4) is 0 Å². The molecule has 0 radical (unpaired) electrons. The first-order valence-corrected chi connectivity index (χ1v) is 6.62. The predicted molar refractivity (Wildman–Crippen MR) is 60.8 cm³/mol. The quantitative estimate of drug-likeness (QED) is 0.727. The molecule has 3 unspecified atom stereocenters. The fraction of sp³-hybridized carbons (Fsp3) is 0.923. The third kappa shape index (κ3) is 2.26. The molecule has 3 aliphatic heterocycles. The van der Waals surface area contributed by atoms with E-state index in [-0.39, 0.29) is 17.4 Å². The third-order valence-electron chi connectivity index (χ3n) is 4.29. The average Bonchev–Trinajstić information content (AvgIpc) is 3.00. The SMILES string of the molecule is O=C(C1CCOC1)C1CCOC2(CCOC2)C1. The van der Waals surface area contributed by atoms with E-state index in [9.17, 15) is 4.79 Å². The van der Waals surface area contributed by atoms with Crippen LogP contribution in [0.5, 0.6) is 0 Å². The van der Waals surface area contributed by atoms with Crippen LogP contribution < -0.4 is 0 Å². The van der Waals surface area contributed by atoms with Gasteiger partial charge >= 0.3 is 0 Å². The van der Waals surface area contributed by atoms with Crippen molar-refractivity contribution in [2.24, 2.45) is 11.8 Å². The highest BCUT2D eigenvalue weighted by Crippen LogP contribution is 2.37. The lowest BCUT2D eigenvalue weighted by Crippen LogP contribution is -2.43. The first kappa shape index (κ1) is 11.6. The second-order valence-electron chi connectivity index (χ2n) is 5.49. The zero-order valence-corrected chi connectivity index (χ0v) is 10.2. The molecule has 0 amide bonds. The van der Waals surface area contributed by atoms with Crippen molar-refractivity contribution < 1.29 is 19.0 Å². The number of ether oxygens (including phenoxy) is 3. The maximum atomic E-state index is 12.4. The van der Waals surface area contributed by atoms with Crippen LogP contribution >= 0.6 is 0 Å². The molecule has 0 saturated carbocycles. The van der Waals surface area contributed by atoms with Crippen molar-refractivity contribution in [1.82, 2.24) is 0 Å². The summed E-state index contributed by atoms with van der Waals surface area (Å²) >= 11 is 0. The highest BCUT2D eigenvalue weighted by molar-refractivity contribution is 5.84. The predicted octanol–water partition coefficient (Wildman–Crippen LogP) is 1.18. The summed E-state index contributed by atoms with van der Waals surface area (Å²) < 4.78 is 16.6. The van der Waals surface area contributed by atoms with Gasteiger partial charge in [0.2, 0.25) is 0 Å². The lowest BCUT2D eigenvalue weighted by Gasteiger charge is -2.37. The molecule has 4 heteroatoms. The van der Waals surface area contributed by atoms with E-state index in [1.807, 2.05) is 0 Å². The summed E-state index contributed by atoms with van der Waals surface area (Å²) in [6.45, 7) is 3.51. The fourth-order valence-electron chi connectivity index (χ4n) is 3.23. The Balaban J connectivity index is 1.64. The molecule has 17 heavy (non-hydrogen) atoms. The first-order valence-electron chi connectivity index (χ1n) is 6.62. The zero-order chi connectivity index (χ0) is 11.7. The summed E-state index contributed by atoms with van der Waals surface area (Å²) in [6.07, 6.45) is 3.57. The number of ketones is 1. The third-order valence-corrected chi connectivity index (χ3v) is 4.29. The Hall–Kier alpha value is -0.450. The monoisotopic (exact) mass is 240 g/mol. The topological polar surface area (TPSA) is 44.8 Å². The molecule has 4 nitrogen and oxygen atoms in total. The number of hydrogen-bond acceptors (Lipinski definition) is 4. The minimum atomic E-state index is -0.155. The van der Waals surface area contributed by atoms with E-state index < -0.39 is 0 Å². The maximum Gasteiger partial charge on any atom is 0.141 e. The van der Waals surface area contributed by atoms with E-state index in [1.54, 1.807) is 0 Å². The Morgan fingerprint density at radius 3 is 2.65 bits per heavy atom. The van der Waals surface area contributed by atoms with Crippen LogP contribution in [0, 0.1) is 11.8 Å². The normalized spacial score (nSPS) is 42.1. The highest BCUT2D eigenvalue weighted by Gasteiger charge is 2.44. The number of hydrogen-bond donors (Lipinski definition) is 0. The Morgan fingerprint density at radius 2 is 1.94 bits per heavy atom. The van der Waals surface area contributed by atoms with Crippen molar-refractivity contribution in [3.63, 3.8) is 0 Å².